The molecular weight excluding hydrogens is 741 g/mol. The summed E-state index contributed by atoms with van der Waals surface area (Å²) in [5, 5.41) is 4.84. The predicted octanol–water partition coefficient (Wildman–Crippen LogP) is 15.1. The summed E-state index contributed by atoms with van der Waals surface area (Å²) in [6.07, 6.45) is 1.14. The highest BCUT2D eigenvalue weighted by Gasteiger charge is 2.55. The van der Waals surface area contributed by atoms with Crippen LogP contribution in [0.5, 0.6) is 0 Å². The van der Waals surface area contributed by atoms with Gasteiger partial charge in [-0.25, -0.2) is 0 Å². The van der Waals surface area contributed by atoms with Crippen LogP contribution in [0.1, 0.15) is 51.6 Å². The number of fused-ring (bicyclic) bond motifs is 17. The van der Waals surface area contributed by atoms with E-state index < -0.39 is 5.41 Å². The van der Waals surface area contributed by atoms with E-state index >= 15 is 0 Å². The Bertz CT molecular complexity index is 3590. The quantitative estimate of drug-likeness (QED) is 0.177. The third-order valence-electron chi connectivity index (χ3n) is 14.2. The van der Waals surface area contributed by atoms with Crippen LogP contribution in [0.4, 0.5) is 17.1 Å². The molecule has 0 amide bonds. The van der Waals surface area contributed by atoms with E-state index in [0.29, 0.717) is 11.8 Å². The first-order valence-electron chi connectivity index (χ1n) is 21.5. The van der Waals surface area contributed by atoms with Gasteiger partial charge in [0.05, 0.1) is 27.8 Å². The van der Waals surface area contributed by atoms with Gasteiger partial charge in [-0.15, -0.1) is 0 Å². The van der Waals surface area contributed by atoms with E-state index in [4.69, 9.17) is 4.42 Å². The smallest absolute Gasteiger partial charge is 0.159 e. The second kappa shape index (κ2) is 12.2. The van der Waals surface area contributed by atoms with Gasteiger partial charge in [0.25, 0.3) is 0 Å². The molecule has 3 unspecified atom stereocenters. The molecule has 3 aliphatic rings. The molecule has 0 N–H and O–H groups in total. The zero-order valence-electron chi connectivity index (χ0n) is 33.3. The van der Waals surface area contributed by atoms with Crippen LogP contribution >= 0.6 is 0 Å². The Morgan fingerprint density at radius 3 is 2.00 bits per heavy atom. The largest absolute Gasteiger partial charge is 0.454 e. The molecule has 3 heteroatoms. The first-order chi connectivity index (χ1) is 30.3. The van der Waals surface area contributed by atoms with Gasteiger partial charge in [-0.1, -0.05) is 158 Å². The number of benzene rings is 9. The van der Waals surface area contributed by atoms with Crippen LogP contribution < -0.4 is 4.90 Å². The second-order valence-corrected chi connectivity index (χ2v) is 17.1. The normalized spacial score (nSPS) is 18.2. The summed E-state index contributed by atoms with van der Waals surface area (Å²) >= 11 is 0. The van der Waals surface area contributed by atoms with Gasteiger partial charge >= 0.3 is 0 Å². The van der Waals surface area contributed by atoms with Gasteiger partial charge in [0.2, 0.25) is 0 Å². The molecular formula is C58H38N2O. The molecule has 1 fully saturated rings. The highest BCUT2D eigenvalue weighted by atomic mass is 16.3. The van der Waals surface area contributed by atoms with Crippen molar-refractivity contribution in [2.45, 2.75) is 23.7 Å². The van der Waals surface area contributed by atoms with Crippen molar-refractivity contribution in [3.63, 3.8) is 0 Å². The average Bonchev–Trinajstić information content (AvgIpc) is 3.95. The Kier molecular flexibility index (Phi) is 6.66. The zero-order chi connectivity index (χ0) is 39.8. The summed E-state index contributed by atoms with van der Waals surface area (Å²) in [7, 11) is 0. The number of nitrogens with zero attached hydrogens (tertiary/aromatic N) is 2. The number of para-hydroxylation sites is 5. The minimum atomic E-state index is -0.529. The van der Waals surface area contributed by atoms with Crippen LogP contribution in [0.2, 0.25) is 0 Å². The van der Waals surface area contributed by atoms with E-state index in [-0.39, 0.29) is 0 Å². The van der Waals surface area contributed by atoms with Gasteiger partial charge in [0.15, 0.2) is 5.58 Å². The summed E-state index contributed by atoms with van der Waals surface area (Å²) in [5.41, 5.74) is 19.1. The molecule has 1 saturated carbocycles. The molecule has 11 aromatic rings. The first kappa shape index (κ1) is 33.2. The maximum absolute atomic E-state index is 6.78. The van der Waals surface area contributed by atoms with Crippen LogP contribution in [0, 0.1) is 0 Å². The first-order valence-corrected chi connectivity index (χ1v) is 21.5. The van der Waals surface area contributed by atoms with Crippen LogP contribution in [0.3, 0.4) is 0 Å². The number of hydrogen-bond donors (Lipinski definition) is 0. The Morgan fingerprint density at radius 2 is 1.10 bits per heavy atom. The van der Waals surface area contributed by atoms with Crippen molar-refractivity contribution < 1.29 is 4.42 Å². The number of aromatic nitrogens is 1. The number of anilines is 3. The molecule has 0 radical (unpaired) electrons. The molecule has 286 valence electrons. The van der Waals surface area contributed by atoms with Crippen LogP contribution in [0.25, 0.3) is 60.6 Å². The monoisotopic (exact) mass is 778 g/mol. The van der Waals surface area contributed by atoms with Crippen molar-refractivity contribution in [3.05, 3.63) is 240 Å². The van der Waals surface area contributed by atoms with Crippen molar-refractivity contribution in [3.8, 4) is 16.8 Å². The van der Waals surface area contributed by atoms with Gasteiger partial charge in [-0.3, -0.25) is 0 Å². The molecule has 3 heterocycles. The maximum Gasteiger partial charge on any atom is 0.159 e. The Hall–Kier alpha value is -7.62. The lowest BCUT2D eigenvalue weighted by Gasteiger charge is -2.43. The molecule has 2 aliphatic carbocycles. The fraction of sp³-hybridized carbons (Fsp3) is 0.0690. The second-order valence-electron chi connectivity index (χ2n) is 17.1. The lowest BCUT2D eigenvalue weighted by molar-refractivity contribution is 0.669. The average molecular weight is 779 g/mol. The van der Waals surface area contributed by atoms with E-state index in [1.54, 1.807) is 0 Å². The number of furan rings is 1. The Balaban J connectivity index is 1.06. The highest BCUT2D eigenvalue weighted by Crippen LogP contribution is 2.66. The van der Waals surface area contributed by atoms with Crippen molar-refractivity contribution >= 4 is 60.8 Å². The highest BCUT2D eigenvalue weighted by molar-refractivity contribution is 6.13. The third kappa shape index (κ3) is 4.42. The molecule has 1 aliphatic heterocycles. The SMILES string of the molecule is c1ccc(-c2ccc(N(c3ccc4c(c3)C3CC3c3ccccc3C43c4ccccc4-n4c5ccccc5c5cccc3c54)c3cccc4c3oc3ccccc34)cc2)cc1. The topological polar surface area (TPSA) is 21.3 Å². The lowest BCUT2D eigenvalue weighted by atomic mass is 9.61. The molecule has 9 aromatic carbocycles. The predicted molar refractivity (Wildman–Crippen MR) is 250 cm³/mol. The molecule has 61 heavy (non-hydrogen) atoms. The standard InChI is InChI=1S/C58H38N2O/c1-2-14-36(15-3-1)37-28-30-38(31-29-37)59(54-26-13-20-44-42-18-6-11-27-55(42)61-57(44)54)39-32-33-49-47(34-39)46-35-45(46)40-16-4-7-21-48(40)58(49)50-22-8-10-25-53(50)60-52-24-9-5-17-41(52)43-19-12-23-51(58)56(43)60/h1-34,45-46H,35H2. The van der Waals surface area contributed by atoms with E-state index in [2.05, 4.69) is 216 Å². The van der Waals surface area contributed by atoms with Crippen molar-refractivity contribution in [1.82, 2.24) is 4.57 Å². The fourth-order valence-corrected chi connectivity index (χ4v) is 11.6. The third-order valence-corrected chi connectivity index (χ3v) is 14.2. The zero-order valence-corrected chi connectivity index (χ0v) is 33.3. The molecule has 3 atom stereocenters. The molecule has 1 spiro atoms. The van der Waals surface area contributed by atoms with Crippen LogP contribution in [-0.4, -0.2) is 4.57 Å². The molecule has 2 aromatic heterocycles. The van der Waals surface area contributed by atoms with Gasteiger partial charge in [0, 0.05) is 32.9 Å². The van der Waals surface area contributed by atoms with Crippen LogP contribution in [-0.2, 0) is 5.41 Å². The lowest BCUT2D eigenvalue weighted by Crippen LogP contribution is -2.36. The van der Waals surface area contributed by atoms with Gasteiger partial charge in [-0.2, -0.15) is 0 Å². The van der Waals surface area contributed by atoms with Gasteiger partial charge in [0.1, 0.15) is 5.58 Å². The fourth-order valence-electron chi connectivity index (χ4n) is 11.6. The molecule has 3 nitrogen and oxygen atoms in total. The maximum atomic E-state index is 6.78. The van der Waals surface area contributed by atoms with E-state index in [0.717, 1.165) is 45.4 Å². The minimum Gasteiger partial charge on any atom is -0.454 e. The number of rotatable bonds is 4. The number of hydrogen-bond acceptors (Lipinski definition) is 2. The van der Waals surface area contributed by atoms with Crippen LogP contribution in [0.15, 0.2) is 211 Å². The summed E-state index contributed by atoms with van der Waals surface area (Å²) < 4.78 is 9.32. The Labute approximate surface area is 353 Å². The van der Waals surface area contributed by atoms with E-state index in [1.807, 2.05) is 0 Å². The van der Waals surface area contributed by atoms with Crippen molar-refractivity contribution in [2.75, 3.05) is 4.90 Å². The Morgan fingerprint density at radius 1 is 0.459 bits per heavy atom. The minimum absolute atomic E-state index is 0.402. The summed E-state index contributed by atoms with van der Waals surface area (Å²) in [4.78, 5) is 2.43. The molecule has 0 bridgehead atoms. The van der Waals surface area contributed by atoms with E-state index in [9.17, 15) is 0 Å². The summed E-state index contributed by atoms with van der Waals surface area (Å²) in [6, 6.07) is 76.6. The van der Waals surface area contributed by atoms with Gasteiger partial charge < -0.3 is 13.9 Å². The summed E-state index contributed by atoms with van der Waals surface area (Å²) in [5.74, 6) is 0.847. The molecule has 14 rings (SSSR count). The van der Waals surface area contributed by atoms with E-state index in [1.165, 1.54) is 72.0 Å². The van der Waals surface area contributed by atoms with Crippen molar-refractivity contribution in [2.24, 2.45) is 0 Å². The van der Waals surface area contributed by atoms with Gasteiger partial charge in [-0.05, 0) is 111 Å². The summed E-state index contributed by atoms with van der Waals surface area (Å²) in [6.45, 7) is 0. The van der Waals surface area contributed by atoms with Crippen molar-refractivity contribution in [1.29, 1.82) is 0 Å². The molecule has 0 saturated heterocycles.